The van der Waals surface area contributed by atoms with Crippen LogP contribution in [0.1, 0.15) is 65.2 Å². The second-order valence-electron chi connectivity index (χ2n) is 8.07. The smallest absolute Gasteiger partial charge is 0.255 e. The molecule has 1 amide bonds. The Morgan fingerprint density at radius 3 is 2.68 bits per heavy atom. The molecular formula is C19H29N7O2. The molecule has 0 bridgehead atoms. The zero-order chi connectivity index (χ0) is 19.9. The standard InChI is InChI=1S/C19H29N7O2/c1-12-15(13(2)26(4)23-12)17(27)22-19(7-5-6-8-19)18-21-16(24-28-18)14-11-20-9-10-25(14)3/h14,20H,5-11H2,1-4H3,(H,22,27). The van der Waals surface area contributed by atoms with E-state index in [1.165, 1.54) is 0 Å². The van der Waals surface area contributed by atoms with Gasteiger partial charge in [0.15, 0.2) is 5.82 Å². The molecule has 28 heavy (non-hydrogen) atoms. The van der Waals surface area contributed by atoms with Crippen molar-refractivity contribution in [2.45, 2.75) is 51.1 Å². The first-order chi connectivity index (χ1) is 13.4. The Bertz CT molecular complexity index is 866. The van der Waals surface area contributed by atoms with Gasteiger partial charge in [-0.1, -0.05) is 18.0 Å². The molecule has 2 aliphatic rings. The minimum Gasteiger partial charge on any atom is -0.337 e. The number of nitrogens with one attached hydrogen (secondary N) is 2. The summed E-state index contributed by atoms with van der Waals surface area (Å²) in [5, 5.41) is 15.2. The summed E-state index contributed by atoms with van der Waals surface area (Å²) >= 11 is 0. The highest BCUT2D eigenvalue weighted by molar-refractivity contribution is 5.96. The molecule has 0 spiro atoms. The summed E-state index contributed by atoms with van der Waals surface area (Å²) < 4.78 is 7.44. The maximum absolute atomic E-state index is 13.1. The van der Waals surface area contributed by atoms with Crippen LogP contribution >= 0.6 is 0 Å². The van der Waals surface area contributed by atoms with Crippen LogP contribution in [0.2, 0.25) is 0 Å². The summed E-state index contributed by atoms with van der Waals surface area (Å²) in [6.45, 7) is 6.47. The molecule has 1 atom stereocenters. The van der Waals surface area contributed by atoms with Crippen LogP contribution in [0.5, 0.6) is 0 Å². The number of aryl methyl sites for hydroxylation is 2. The van der Waals surface area contributed by atoms with Crippen LogP contribution in [0.25, 0.3) is 0 Å². The van der Waals surface area contributed by atoms with Gasteiger partial charge < -0.3 is 15.2 Å². The summed E-state index contributed by atoms with van der Waals surface area (Å²) in [5.41, 5.74) is 1.61. The highest BCUT2D eigenvalue weighted by Gasteiger charge is 2.43. The Morgan fingerprint density at radius 1 is 1.29 bits per heavy atom. The minimum atomic E-state index is -0.599. The zero-order valence-electron chi connectivity index (χ0n) is 17.1. The van der Waals surface area contributed by atoms with E-state index in [1.807, 2.05) is 20.9 Å². The SMILES string of the molecule is Cc1nn(C)c(C)c1C(=O)NC1(c2nc(C3CNCCN3C)no2)CCCC1. The molecule has 3 heterocycles. The van der Waals surface area contributed by atoms with Crippen molar-refractivity contribution in [3.8, 4) is 0 Å². The third-order valence-corrected chi connectivity index (χ3v) is 6.21. The fourth-order valence-corrected chi connectivity index (χ4v) is 4.41. The largest absolute Gasteiger partial charge is 0.337 e. The molecule has 152 valence electrons. The molecule has 9 heteroatoms. The van der Waals surface area contributed by atoms with E-state index in [2.05, 4.69) is 32.8 Å². The number of amides is 1. The minimum absolute atomic E-state index is 0.0863. The Labute approximate surface area is 164 Å². The van der Waals surface area contributed by atoms with E-state index in [9.17, 15) is 4.79 Å². The van der Waals surface area contributed by atoms with Crippen LogP contribution in [0, 0.1) is 13.8 Å². The Morgan fingerprint density at radius 2 is 2.04 bits per heavy atom. The first kappa shape index (κ1) is 19.1. The second kappa shape index (κ2) is 7.29. The number of nitrogens with zero attached hydrogens (tertiary/aromatic N) is 5. The molecule has 2 N–H and O–H groups in total. The van der Waals surface area contributed by atoms with E-state index in [0.717, 1.165) is 56.7 Å². The van der Waals surface area contributed by atoms with Crippen LogP contribution < -0.4 is 10.6 Å². The predicted octanol–water partition coefficient (Wildman–Crippen LogP) is 1.20. The molecular weight excluding hydrogens is 358 g/mol. The molecule has 1 saturated carbocycles. The van der Waals surface area contributed by atoms with Gasteiger partial charge in [-0.15, -0.1) is 0 Å². The van der Waals surface area contributed by atoms with Crippen molar-refractivity contribution in [1.29, 1.82) is 0 Å². The second-order valence-corrected chi connectivity index (χ2v) is 8.07. The average Bonchev–Trinajstić information content (AvgIpc) is 3.37. The molecule has 4 rings (SSSR count). The lowest BCUT2D eigenvalue weighted by Gasteiger charge is -2.30. The quantitative estimate of drug-likeness (QED) is 0.813. The monoisotopic (exact) mass is 387 g/mol. The normalized spacial score (nSPS) is 22.5. The van der Waals surface area contributed by atoms with E-state index in [0.29, 0.717) is 17.3 Å². The number of hydrogen-bond acceptors (Lipinski definition) is 7. The predicted molar refractivity (Wildman–Crippen MR) is 103 cm³/mol. The molecule has 0 radical (unpaired) electrons. The summed E-state index contributed by atoms with van der Waals surface area (Å²) in [5.74, 6) is 1.08. The maximum Gasteiger partial charge on any atom is 0.255 e. The molecule has 2 aromatic heterocycles. The number of carbonyl (C=O) groups is 1. The lowest BCUT2D eigenvalue weighted by atomic mass is 9.96. The third-order valence-electron chi connectivity index (χ3n) is 6.21. The molecule has 1 aliphatic carbocycles. The number of hydrogen-bond donors (Lipinski definition) is 2. The van der Waals surface area contributed by atoms with Gasteiger partial charge >= 0.3 is 0 Å². The summed E-state index contributed by atoms with van der Waals surface area (Å²) in [6.07, 6.45) is 3.65. The maximum atomic E-state index is 13.1. The van der Waals surface area contributed by atoms with Crippen LogP contribution in [0.15, 0.2) is 4.52 Å². The van der Waals surface area contributed by atoms with Gasteiger partial charge in [0.1, 0.15) is 5.54 Å². The molecule has 1 unspecified atom stereocenters. The number of piperazine rings is 1. The van der Waals surface area contributed by atoms with Crippen LogP contribution in [-0.4, -0.2) is 57.4 Å². The number of rotatable bonds is 4. The van der Waals surface area contributed by atoms with Gasteiger partial charge in [0.25, 0.3) is 11.8 Å². The van der Waals surface area contributed by atoms with Gasteiger partial charge in [-0.3, -0.25) is 14.4 Å². The zero-order valence-corrected chi connectivity index (χ0v) is 17.1. The Hall–Kier alpha value is -2.26. The first-order valence-electron chi connectivity index (χ1n) is 9.99. The summed E-state index contributed by atoms with van der Waals surface area (Å²) in [4.78, 5) is 20.1. The molecule has 2 aromatic rings. The lowest BCUT2D eigenvalue weighted by Crippen LogP contribution is -2.45. The average molecular weight is 387 g/mol. The number of likely N-dealkylation sites (N-methyl/N-ethyl adjacent to an activating group) is 1. The van der Waals surface area contributed by atoms with Crippen molar-refractivity contribution in [3.63, 3.8) is 0 Å². The summed E-state index contributed by atoms with van der Waals surface area (Å²) in [7, 11) is 3.92. The van der Waals surface area contributed by atoms with E-state index in [1.54, 1.807) is 4.68 Å². The number of carbonyl (C=O) groups excluding carboxylic acids is 1. The molecule has 2 fully saturated rings. The van der Waals surface area contributed by atoms with Crippen molar-refractivity contribution >= 4 is 5.91 Å². The van der Waals surface area contributed by atoms with E-state index < -0.39 is 5.54 Å². The highest BCUT2D eigenvalue weighted by atomic mass is 16.5. The fraction of sp³-hybridized carbons (Fsp3) is 0.684. The lowest BCUT2D eigenvalue weighted by molar-refractivity contribution is 0.0873. The van der Waals surface area contributed by atoms with Gasteiger partial charge in [-0.25, -0.2) is 0 Å². The van der Waals surface area contributed by atoms with Crippen LogP contribution in [0.3, 0.4) is 0 Å². The molecule has 1 aliphatic heterocycles. The Balaban J connectivity index is 1.61. The third kappa shape index (κ3) is 3.22. The first-order valence-corrected chi connectivity index (χ1v) is 9.99. The molecule has 1 saturated heterocycles. The van der Waals surface area contributed by atoms with E-state index in [-0.39, 0.29) is 11.9 Å². The van der Waals surface area contributed by atoms with Crippen molar-refractivity contribution < 1.29 is 9.32 Å². The van der Waals surface area contributed by atoms with Crippen molar-refractivity contribution in [1.82, 2.24) is 35.5 Å². The van der Waals surface area contributed by atoms with Crippen LogP contribution in [-0.2, 0) is 12.6 Å². The van der Waals surface area contributed by atoms with Gasteiger partial charge in [0, 0.05) is 32.4 Å². The van der Waals surface area contributed by atoms with E-state index in [4.69, 9.17) is 9.51 Å². The molecule has 9 nitrogen and oxygen atoms in total. The summed E-state index contributed by atoms with van der Waals surface area (Å²) in [6, 6.07) is 0.0863. The Kier molecular flexibility index (Phi) is 4.96. The topological polar surface area (TPSA) is 101 Å². The molecule has 0 aromatic carbocycles. The number of aromatic nitrogens is 4. The van der Waals surface area contributed by atoms with Gasteiger partial charge in [-0.05, 0) is 33.7 Å². The van der Waals surface area contributed by atoms with Crippen molar-refractivity contribution in [2.75, 3.05) is 26.7 Å². The van der Waals surface area contributed by atoms with Crippen LogP contribution in [0.4, 0.5) is 0 Å². The van der Waals surface area contributed by atoms with Gasteiger partial charge in [-0.2, -0.15) is 10.1 Å². The van der Waals surface area contributed by atoms with Crippen molar-refractivity contribution in [2.24, 2.45) is 7.05 Å². The fourth-order valence-electron chi connectivity index (χ4n) is 4.41. The van der Waals surface area contributed by atoms with Gasteiger partial charge in [0.2, 0.25) is 0 Å². The highest BCUT2D eigenvalue weighted by Crippen LogP contribution is 2.39. The van der Waals surface area contributed by atoms with Crippen molar-refractivity contribution in [3.05, 3.63) is 28.7 Å². The van der Waals surface area contributed by atoms with Gasteiger partial charge in [0.05, 0.1) is 17.3 Å². The van der Waals surface area contributed by atoms with E-state index >= 15 is 0 Å².